The highest BCUT2D eigenvalue weighted by molar-refractivity contribution is 5.03. The van der Waals surface area contributed by atoms with Crippen molar-refractivity contribution in [3.63, 3.8) is 0 Å². The molecule has 19 heavy (non-hydrogen) atoms. The molecule has 114 valence electrons. The van der Waals surface area contributed by atoms with Crippen LogP contribution in [0, 0.1) is 0 Å². The molecule has 0 aliphatic carbocycles. The first-order valence-electron chi connectivity index (χ1n) is 8.61. The SMILES string of the molecule is CC=CC(N)(CCCCCCC)CCCCCCC. The molecule has 0 saturated carbocycles. The number of unbranched alkanes of at least 4 members (excludes halogenated alkanes) is 8. The van der Waals surface area contributed by atoms with E-state index in [-0.39, 0.29) is 5.54 Å². The maximum Gasteiger partial charge on any atom is 0.0339 e. The molecule has 0 aliphatic rings. The van der Waals surface area contributed by atoms with Gasteiger partial charge in [0.1, 0.15) is 0 Å². The van der Waals surface area contributed by atoms with Gasteiger partial charge in [0, 0.05) is 5.54 Å². The summed E-state index contributed by atoms with van der Waals surface area (Å²) in [6.45, 7) is 6.63. The number of nitrogens with two attached hydrogens (primary N) is 1. The molecule has 0 aromatic carbocycles. The van der Waals surface area contributed by atoms with Gasteiger partial charge in [-0.3, -0.25) is 0 Å². The van der Waals surface area contributed by atoms with Crippen LogP contribution in [0.15, 0.2) is 12.2 Å². The molecular formula is C18H37N. The summed E-state index contributed by atoms with van der Waals surface area (Å²) in [6, 6.07) is 0. The van der Waals surface area contributed by atoms with Gasteiger partial charge >= 0.3 is 0 Å². The first kappa shape index (κ1) is 18.7. The maximum atomic E-state index is 6.55. The molecule has 0 heterocycles. The lowest BCUT2D eigenvalue weighted by Gasteiger charge is -2.26. The minimum atomic E-state index is -0.0345. The zero-order chi connectivity index (χ0) is 14.4. The van der Waals surface area contributed by atoms with Crippen molar-refractivity contribution in [2.24, 2.45) is 5.73 Å². The minimum Gasteiger partial charge on any atom is -0.322 e. The Morgan fingerprint density at radius 2 is 1.16 bits per heavy atom. The van der Waals surface area contributed by atoms with Crippen LogP contribution < -0.4 is 5.73 Å². The number of hydrogen-bond donors (Lipinski definition) is 1. The second-order valence-corrected chi connectivity index (χ2v) is 6.06. The molecular weight excluding hydrogens is 230 g/mol. The predicted octanol–water partition coefficient (Wildman–Crippen LogP) is 5.98. The van der Waals surface area contributed by atoms with E-state index in [1.54, 1.807) is 0 Å². The predicted molar refractivity (Wildman–Crippen MR) is 88.5 cm³/mol. The van der Waals surface area contributed by atoms with Gasteiger partial charge in [0.05, 0.1) is 0 Å². The summed E-state index contributed by atoms with van der Waals surface area (Å²) in [5, 5.41) is 0. The first-order valence-corrected chi connectivity index (χ1v) is 8.61. The largest absolute Gasteiger partial charge is 0.322 e. The highest BCUT2D eigenvalue weighted by atomic mass is 14.7. The third-order valence-corrected chi connectivity index (χ3v) is 3.99. The molecule has 0 radical (unpaired) electrons. The van der Waals surface area contributed by atoms with Crippen LogP contribution in [0.5, 0.6) is 0 Å². The fraction of sp³-hybridized carbons (Fsp3) is 0.889. The van der Waals surface area contributed by atoms with Gasteiger partial charge in [-0.2, -0.15) is 0 Å². The Morgan fingerprint density at radius 3 is 1.53 bits per heavy atom. The van der Waals surface area contributed by atoms with Gasteiger partial charge in [0.15, 0.2) is 0 Å². The Bertz CT molecular complexity index is 194. The highest BCUT2D eigenvalue weighted by Gasteiger charge is 2.19. The van der Waals surface area contributed by atoms with Crippen molar-refractivity contribution in [1.29, 1.82) is 0 Å². The Kier molecular flexibility index (Phi) is 12.5. The quantitative estimate of drug-likeness (QED) is 0.322. The summed E-state index contributed by atoms with van der Waals surface area (Å²) in [4.78, 5) is 0. The average molecular weight is 268 g/mol. The summed E-state index contributed by atoms with van der Waals surface area (Å²) in [5.41, 5.74) is 6.52. The van der Waals surface area contributed by atoms with Crippen molar-refractivity contribution in [2.75, 3.05) is 0 Å². The van der Waals surface area contributed by atoms with Crippen LogP contribution in [-0.2, 0) is 0 Å². The second kappa shape index (κ2) is 12.7. The van der Waals surface area contributed by atoms with E-state index in [2.05, 4.69) is 32.9 Å². The van der Waals surface area contributed by atoms with Gasteiger partial charge in [-0.1, -0.05) is 90.2 Å². The molecule has 0 saturated heterocycles. The molecule has 0 bridgehead atoms. The topological polar surface area (TPSA) is 26.0 Å². The van der Waals surface area contributed by atoms with Crippen LogP contribution in [0.4, 0.5) is 0 Å². The molecule has 1 nitrogen and oxygen atoms in total. The number of rotatable bonds is 13. The fourth-order valence-corrected chi connectivity index (χ4v) is 2.74. The van der Waals surface area contributed by atoms with E-state index < -0.39 is 0 Å². The van der Waals surface area contributed by atoms with E-state index in [0.29, 0.717) is 0 Å². The molecule has 0 atom stereocenters. The van der Waals surface area contributed by atoms with Crippen molar-refractivity contribution in [3.8, 4) is 0 Å². The lowest BCUT2D eigenvalue weighted by molar-refractivity contribution is 0.403. The van der Waals surface area contributed by atoms with E-state index in [0.717, 1.165) is 12.8 Å². The van der Waals surface area contributed by atoms with Crippen LogP contribution >= 0.6 is 0 Å². The normalized spacial score (nSPS) is 12.4. The summed E-state index contributed by atoms with van der Waals surface area (Å²) >= 11 is 0. The molecule has 0 unspecified atom stereocenters. The van der Waals surface area contributed by atoms with E-state index in [1.165, 1.54) is 64.2 Å². The lowest BCUT2D eigenvalue weighted by Crippen LogP contribution is -2.37. The molecule has 1 heteroatoms. The van der Waals surface area contributed by atoms with Crippen LogP contribution in [-0.4, -0.2) is 5.54 Å². The summed E-state index contributed by atoms with van der Waals surface area (Å²) in [7, 11) is 0. The molecule has 0 rings (SSSR count). The Balaban J connectivity index is 3.84. The Morgan fingerprint density at radius 1 is 0.737 bits per heavy atom. The van der Waals surface area contributed by atoms with E-state index in [4.69, 9.17) is 5.73 Å². The van der Waals surface area contributed by atoms with Gasteiger partial charge in [0.25, 0.3) is 0 Å². The van der Waals surface area contributed by atoms with Gasteiger partial charge in [-0.25, -0.2) is 0 Å². The van der Waals surface area contributed by atoms with Gasteiger partial charge in [0.2, 0.25) is 0 Å². The summed E-state index contributed by atoms with van der Waals surface area (Å²) in [6.07, 6.45) is 20.1. The average Bonchev–Trinajstić information content (AvgIpc) is 2.39. The second-order valence-electron chi connectivity index (χ2n) is 6.06. The van der Waals surface area contributed by atoms with E-state index in [1.807, 2.05) is 0 Å². The summed E-state index contributed by atoms with van der Waals surface area (Å²) in [5.74, 6) is 0. The standard InChI is InChI=1S/C18H37N/c1-4-7-9-11-13-16-18(19,15-6-3)17-14-12-10-8-5-2/h6,15H,4-5,7-14,16-17,19H2,1-3H3. The van der Waals surface area contributed by atoms with Crippen molar-refractivity contribution in [1.82, 2.24) is 0 Å². The zero-order valence-corrected chi connectivity index (χ0v) is 13.7. The fourth-order valence-electron chi connectivity index (χ4n) is 2.74. The first-order chi connectivity index (χ1) is 9.18. The number of hydrogen-bond acceptors (Lipinski definition) is 1. The highest BCUT2D eigenvalue weighted by Crippen LogP contribution is 2.22. The van der Waals surface area contributed by atoms with E-state index in [9.17, 15) is 0 Å². The Labute approximate surface area is 122 Å². The molecule has 0 aromatic rings. The van der Waals surface area contributed by atoms with Crippen LogP contribution in [0.3, 0.4) is 0 Å². The van der Waals surface area contributed by atoms with E-state index >= 15 is 0 Å². The van der Waals surface area contributed by atoms with Gasteiger partial charge in [-0.15, -0.1) is 0 Å². The van der Waals surface area contributed by atoms with Crippen molar-refractivity contribution in [2.45, 2.75) is 103 Å². The molecule has 0 aromatic heterocycles. The number of allylic oxidation sites excluding steroid dienone is 1. The molecule has 0 fully saturated rings. The summed E-state index contributed by atoms with van der Waals surface area (Å²) < 4.78 is 0. The smallest absolute Gasteiger partial charge is 0.0339 e. The Hall–Kier alpha value is -0.300. The maximum absolute atomic E-state index is 6.55. The third-order valence-electron chi connectivity index (χ3n) is 3.99. The van der Waals surface area contributed by atoms with Gasteiger partial charge in [-0.05, 0) is 19.8 Å². The van der Waals surface area contributed by atoms with Crippen molar-refractivity contribution in [3.05, 3.63) is 12.2 Å². The van der Waals surface area contributed by atoms with Crippen molar-refractivity contribution >= 4 is 0 Å². The van der Waals surface area contributed by atoms with Crippen LogP contribution in [0.25, 0.3) is 0 Å². The minimum absolute atomic E-state index is 0.0345. The molecule has 2 N–H and O–H groups in total. The van der Waals surface area contributed by atoms with Gasteiger partial charge < -0.3 is 5.73 Å². The lowest BCUT2D eigenvalue weighted by atomic mass is 9.87. The molecule has 0 amide bonds. The third kappa shape index (κ3) is 11.2. The molecule has 0 aliphatic heterocycles. The van der Waals surface area contributed by atoms with Crippen LogP contribution in [0.2, 0.25) is 0 Å². The zero-order valence-electron chi connectivity index (χ0n) is 13.7. The van der Waals surface area contributed by atoms with Crippen LogP contribution in [0.1, 0.15) is 97.8 Å². The van der Waals surface area contributed by atoms with Crippen molar-refractivity contribution < 1.29 is 0 Å². The monoisotopic (exact) mass is 267 g/mol. The molecule has 0 spiro atoms.